The number of hydrogen-bond acceptors (Lipinski definition) is 5. The highest BCUT2D eigenvalue weighted by Gasteiger charge is 2.11. The maximum Gasteiger partial charge on any atom is 0.315 e. The normalized spacial score (nSPS) is 12.7. The van der Waals surface area contributed by atoms with Crippen molar-refractivity contribution in [2.24, 2.45) is 0 Å². The molecule has 0 aromatic carbocycles. The van der Waals surface area contributed by atoms with Crippen LogP contribution in [0.25, 0.3) is 0 Å². The van der Waals surface area contributed by atoms with E-state index in [1.54, 1.807) is 0 Å². The molecule has 5 heteroatoms. The Hall–Kier alpha value is -1.10. The minimum atomic E-state index is 0.115. The number of nitrogens with zero attached hydrogens (tertiary/aromatic N) is 2. The van der Waals surface area contributed by atoms with Crippen LogP contribution in [0.3, 0.4) is 0 Å². The molecule has 1 atom stereocenters. The maximum absolute atomic E-state index is 5.48. The quantitative estimate of drug-likeness (QED) is 0.666. The zero-order valence-electron chi connectivity index (χ0n) is 10.4. The van der Waals surface area contributed by atoms with Gasteiger partial charge in [0.15, 0.2) is 0 Å². The molecule has 0 aliphatic heterocycles. The molecule has 0 aliphatic rings. The van der Waals surface area contributed by atoms with Crippen LogP contribution >= 0.6 is 0 Å². The lowest BCUT2D eigenvalue weighted by Gasteiger charge is -2.05. The first kappa shape index (κ1) is 13.0. The van der Waals surface area contributed by atoms with Gasteiger partial charge in [0.25, 0.3) is 0 Å². The molecule has 1 aromatic rings. The van der Waals surface area contributed by atoms with Crippen LogP contribution in [0.15, 0.2) is 4.42 Å². The van der Waals surface area contributed by atoms with Crippen LogP contribution in [0.4, 0.5) is 6.01 Å². The molecule has 1 unspecified atom stereocenters. The summed E-state index contributed by atoms with van der Waals surface area (Å²) in [5, 5.41) is 14.3. The molecule has 2 N–H and O–H groups in total. The Morgan fingerprint density at radius 1 is 1.25 bits per heavy atom. The Morgan fingerprint density at radius 2 is 2.06 bits per heavy atom. The fourth-order valence-electron chi connectivity index (χ4n) is 1.44. The van der Waals surface area contributed by atoms with Crippen molar-refractivity contribution in [2.45, 2.75) is 46.1 Å². The summed E-state index contributed by atoms with van der Waals surface area (Å²) in [7, 11) is 0. The average molecular weight is 226 g/mol. The zero-order chi connectivity index (χ0) is 11.8. The van der Waals surface area contributed by atoms with Crippen molar-refractivity contribution in [3.8, 4) is 0 Å². The molecule has 1 heterocycles. The summed E-state index contributed by atoms with van der Waals surface area (Å²) in [5.41, 5.74) is 0. The lowest BCUT2D eigenvalue weighted by atomic mass is 10.2. The third-order valence-corrected chi connectivity index (χ3v) is 2.38. The van der Waals surface area contributed by atoms with E-state index in [1.165, 1.54) is 12.8 Å². The van der Waals surface area contributed by atoms with Gasteiger partial charge in [-0.2, -0.15) is 0 Å². The average Bonchev–Trinajstić information content (AvgIpc) is 2.73. The number of rotatable bonds is 8. The van der Waals surface area contributed by atoms with E-state index in [9.17, 15) is 0 Å². The van der Waals surface area contributed by atoms with Crippen LogP contribution in [0.1, 0.15) is 52.0 Å². The van der Waals surface area contributed by atoms with Gasteiger partial charge in [-0.1, -0.05) is 31.8 Å². The highest BCUT2D eigenvalue weighted by atomic mass is 16.4. The fraction of sp³-hybridized carbons (Fsp3) is 0.818. The second-order valence-corrected chi connectivity index (χ2v) is 3.86. The summed E-state index contributed by atoms with van der Waals surface area (Å²) >= 11 is 0. The lowest BCUT2D eigenvalue weighted by molar-refractivity contribution is 0.428. The molecule has 16 heavy (non-hydrogen) atoms. The minimum Gasteiger partial charge on any atom is -0.406 e. The Labute approximate surface area is 97.0 Å². The number of nitrogens with one attached hydrogen (secondary N) is 2. The third kappa shape index (κ3) is 4.18. The minimum absolute atomic E-state index is 0.115. The van der Waals surface area contributed by atoms with E-state index < -0.39 is 0 Å². The van der Waals surface area contributed by atoms with Crippen LogP contribution < -0.4 is 10.6 Å². The van der Waals surface area contributed by atoms with Crippen molar-refractivity contribution in [3.05, 3.63) is 5.89 Å². The van der Waals surface area contributed by atoms with Crippen molar-refractivity contribution in [1.29, 1.82) is 0 Å². The highest BCUT2D eigenvalue weighted by Crippen LogP contribution is 2.13. The summed E-state index contributed by atoms with van der Waals surface area (Å²) in [5.74, 6) is 0.639. The van der Waals surface area contributed by atoms with Gasteiger partial charge in [-0.05, 0) is 19.9 Å². The lowest BCUT2D eigenvalue weighted by Crippen LogP contribution is -2.17. The molecule has 5 nitrogen and oxygen atoms in total. The van der Waals surface area contributed by atoms with E-state index >= 15 is 0 Å². The zero-order valence-corrected chi connectivity index (χ0v) is 10.4. The molecule has 0 aliphatic carbocycles. The molecule has 0 amide bonds. The van der Waals surface area contributed by atoms with Crippen molar-refractivity contribution in [2.75, 3.05) is 18.4 Å². The predicted molar refractivity (Wildman–Crippen MR) is 64.4 cm³/mol. The molecular formula is C11H22N4O. The van der Waals surface area contributed by atoms with Gasteiger partial charge in [-0.3, -0.25) is 0 Å². The summed E-state index contributed by atoms with van der Waals surface area (Å²) < 4.78 is 5.48. The second-order valence-electron chi connectivity index (χ2n) is 3.86. The van der Waals surface area contributed by atoms with E-state index in [1.807, 2.05) is 6.92 Å². The van der Waals surface area contributed by atoms with E-state index in [0.717, 1.165) is 19.5 Å². The second kappa shape index (κ2) is 7.22. The van der Waals surface area contributed by atoms with E-state index in [0.29, 0.717) is 11.9 Å². The molecule has 0 fully saturated rings. The maximum atomic E-state index is 5.48. The van der Waals surface area contributed by atoms with Crippen LogP contribution in [0.2, 0.25) is 0 Å². The molecule has 1 aromatic heterocycles. The Bertz CT molecular complexity index is 287. The van der Waals surface area contributed by atoms with Crippen molar-refractivity contribution >= 4 is 6.01 Å². The monoisotopic (exact) mass is 226 g/mol. The molecule has 0 saturated carbocycles. The van der Waals surface area contributed by atoms with Gasteiger partial charge in [0, 0.05) is 6.54 Å². The summed E-state index contributed by atoms with van der Waals surface area (Å²) in [6.07, 6.45) is 3.58. The molecule has 1 rings (SSSR count). The first-order chi connectivity index (χ1) is 7.77. The van der Waals surface area contributed by atoms with Gasteiger partial charge >= 0.3 is 6.01 Å². The van der Waals surface area contributed by atoms with Gasteiger partial charge in [0.2, 0.25) is 5.89 Å². The fourth-order valence-corrected chi connectivity index (χ4v) is 1.44. The Morgan fingerprint density at radius 3 is 2.75 bits per heavy atom. The first-order valence-corrected chi connectivity index (χ1v) is 6.08. The largest absolute Gasteiger partial charge is 0.406 e. The molecule has 0 saturated heterocycles. The van der Waals surface area contributed by atoms with Crippen molar-refractivity contribution in [3.63, 3.8) is 0 Å². The standard InChI is InChI=1S/C11H22N4O/c1-4-6-7-8-13-11-15-14-10(16-11)9(3)12-5-2/h9,12H,4-8H2,1-3H3,(H,13,15). The van der Waals surface area contributed by atoms with Crippen LogP contribution in [-0.4, -0.2) is 23.3 Å². The summed E-state index contributed by atoms with van der Waals surface area (Å²) in [6, 6.07) is 0.638. The molecule has 0 bridgehead atoms. The van der Waals surface area contributed by atoms with Crippen molar-refractivity contribution < 1.29 is 4.42 Å². The van der Waals surface area contributed by atoms with Gasteiger partial charge in [0.1, 0.15) is 0 Å². The van der Waals surface area contributed by atoms with Gasteiger partial charge < -0.3 is 15.1 Å². The van der Waals surface area contributed by atoms with E-state index in [-0.39, 0.29) is 6.04 Å². The van der Waals surface area contributed by atoms with Gasteiger partial charge in [-0.15, -0.1) is 5.10 Å². The van der Waals surface area contributed by atoms with E-state index in [4.69, 9.17) is 4.42 Å². The van der Waals surface area contributed by atoms with Crippen LogP contribution in [0, 0.1) is 0 Å². The number of unbranched alkanes of at least 4 members (excludes halogenated alkanes) is 2. The summed E-state index contributed by atoms with van der Waals surface area (Å²) in [4.78, 5) is 0. The van der Waals surface area contributed by atoms with Gasteiger partial charge in [-0.25, -0.2) is 0 Å². The first-order valence-electron chi connectivity index (χ1n) is 6.08. The van der Waals surface area contributed by atoms with Crippen LogP contribution in [-0.2, 0) is 0 Å². The van der Waals surface area contributed by atoms with Crippen LogP contribution in [0.5, 0.6) is 0 Å². The molecular weight excluding hydrogens is 204 g/mol. The SMILES string of the molecule is CCCCCNc1nnc(C(C)NCC)o1. The topological polar surface area (TPSA) is 63.0 Å². The molecule has 0 spiro atoms. The number of aromatic nitrogens is 2. The predicted octanol–water partition coefficient (Wildman–Crippen LogP) is 2.34. The number of hydrogen-bond donors (Lipinski definition) is 2. The molecule has 92 valence electrons. The smallest absolute Gasteiger partial charge is 0.315 e. The van der Waals surface area contributed by atoms with E-state index in [2.05, 4.69) is 34.7 Å². The van der Waals surface area contributed by atoms with Gasteiger partial charge in [0.05, 0.1) is 6.04 Å². The molecule has 0 radical (unpaired) electrons. The summed E-state index contributed by atoms with van der Waals surface area (Å²) in [6.45, 7) is 8.03. The Balaban J connectivity index is 2.33. The Kier molecular flexibility index (Phi) is 5.85. The third-order valence-electron chi connectivity index (χ3n) is 2.38. The highest BCUT2D eigenvalue weighted by molar-refractivity contribution is 5.16. The number of anilines is 1. The van der Waals surface area contributed by atoms with Crippen molar-refractivity contribution in [1.82, 2.24) is 15.5 Å².